The van der Waals surface area contributed by atoms with Crippen molar-refractivity contribution < 1.29 is 46.2 Å². The van der Waals surface area contributed by atoms with Crippen LogP contribution < -0.4 is 24.8 Å². The summed E-state index contributed by atoms with van der Waals surface area (Å²) in [6, 6.07) is 8.37. The van der Waals surface area contributed by atoms with Crippen LogP contribution in [0, 0.1) is 5.41 Å². The molecule has 4 amide bonds. The van der Waals surface area contributed by atoms with Gasteiger partial charge in [0.2, 0.25) is 27.7 Å². The van der Waals surface area contributed by atoms with Crippen LogP contribution in [0.4, 0.5) is 4.79 Å². The van der Waals surface area contributed by atoms with E-state index < -0.39 is 73.8 Å². The fourth-order valence-corrected chi connectivity index (χ4v) is 7.81. The number of pyridine rings is 1. The third-order valence-corrected chi connectivity index (χ3v) is 11.2. The lowest BCUT2D eigenvalue weighted by atomic mass is 9.85. The van der Waals surface area contributed by atoms with Crippen LogP contribution in [0.3, 0.4) is 0 Å². The Kier molecular flexibility index (Phi) is 11.6. The quantitative estimate of drug-likeness (QED) is 0.201. The van der Waals surface area contributed by atoms with Crippen LogP contribution in [0.2, 0.25) is 0 Å². The van der Waals surface area contributed by atoms with Gasteiger partial charge in [-0.25, -0.2) is 18.2 Å². The van der Waals surface area contributed by atoms with Crippen molar-refractivity contribution in [2.75, 3.05) is 13.7 Å². The maximum Gasteiger partial charge on any atom is 0.408 e. The first kappa shape index (κ1) is 41.1. The first-order valence-electron chi connectivity index (χ1n) is 18.1. The number of sulfonamides is 1. The van der Waals surface area contributed by atoms with Gasteiger partial charge in [-0.15, -0.1) is 6.58 Å². The number of amides is 4. The van der Waals surface area contributed by atoms with Crippen molar-refractivity contribution in [3.05, 3.63) is 55.3 Å². The van der Waals surface area contributed by atoms with Crippen molar-refractivity contribution in [3.8, 4) is 23.1 Å². The molecule has 1 aromatic carbocycles. The number of hydrogen-bond donors (Lipinski definition) is 3. The zero-order valence-electron chi connectivity index (χ0n) is 32.6. The van der Waals surface area contributed by atoms with Gasteiger partial charge in [0.25, 0.3) is 5.91 Å². The molecule has 2 fully saturated rings. The lowest BCUT2D eigenvalue weighted by molar-refractivity contribution is -0.143. The molecular weight excluding hydrogens is 731 g/mol. The number of benzene rings is 1. The SMILES string of the molecule is C=CC[C@@](C)(NC(=O)[C@@H]1C[C@@H](Oc2nc(-c3ccco3)c(OC)c3ccccc23)CN1C(=O)[C@@H](NC(=O)OC(C)(C)C)C(C)(C)C)C(=O)NS(=O)(=O)C1CC1. The molecule has 0 unspecified atom stereocenters. The Morgan fingerprint density at radius 2 is 1.71 bits per heavy atom. The molecule has 3 heterocycles. The zero-order chi connectivity index (χ0) is 40.5. The predicted molar refractivity (Wildman–Crippen MR) is 205 cm³/mol. The maximum absolute atomic E-state index is 14.6. The number of furan rings is 1. The number of alkyl carbamates (subject to hydrolysis) is 1. The van der Waals surface area contributed by atoms with E-state index in [0.29, 0.717) is 40.8 Å². The van der Waals surface area contributed by atoms with E-state index in [9.17, 15) is 27.6 Å². The van der Waals surface area contributed by atoms with Crippen LogP contribution >= 0.6 is 0 Å². The minimum atomic E-state index is -3.95. The Labute approximate surface area is 321 Å². The summed E-state index contributed by atoms with van der Waals surface area (Å²) in [5.41, 5.74) is -3.08. The summed E-state index contributed by atoms with van der Waals surface area (Å²) in [5.74, 6) is -1.19. The van der Waals surface area contributed by atoms with Gasteiger partial charge >= 0.3 is 6.09 Å². The van der Waals surface area contributed by atoms with E-state index in [1.54, 1.807) is 53.7 Å². The lowest BCUT2D eigenvalue weighted by Crippen LogP contribution is -2.62. The lowest BCUT2D eigenvalue weighted by Gasteiger charge is -2.36. The smallest absolute Gasteiger partial charge is 0.408 e. The van der Waals surface area contributed by atoms with Gasteiger partial charge in [-0.3, -0.25) is 19.1 Å². The van der Waals surface area contributed by atoms with Crippen LogP contribution in [0.5, 0.6) is 11.6 Å². The van der Waals surface area contributed by atoms with E-state index in [0.717, 1.165) is 0 Å². The van der Waals surface area contributed by atoms with Crippen LogP contribution in [0.1, 0.15) is 74.1 Å². The molecular formula is C39H51N5O10S. The van der Waals surface area contributed by atoms with Crippen molar-refractivity contribution in [2.45, 2.75) is 109 Å². The van der Waals surface area contributed by atoms with Gasteiger partial charge in [-0.1, -0.05) is 45.0 Å². The van der Waals surface area contributed by atoms with Crippen LogP contribution in [-0.4, -0.2) is 90.3 Å². The molecule has 1 saturated carbocycles. The molecule has 16 heteroatoms. The molecule has 5 rings (SSSR count). The van der Waals surface area contributed by atoms with Crippen LogP contribution in [-0.2, 0) is 29.1 Å². The van der Waals surface area contributed by atoms with Gasteiger partial charge in [-0.05, 0) is 70.6 Å². The monoisotopic (exact) mass is 781 g/mol. The first-order chi connectivity index (χ1) is 25.7. The number of nitrogens with zero attached hydrogens (tertiary/aromatic N) is 2. The van der Waals surface area contributed by atoms with Crippen molar-refractivity contribution in [1.29, 1.82) is 0 Å². The number of hydrogen-bond acceptors (Lipinski definition) is 11. The number of aromatic nitrogens is 1. The molecule has 1 aliphatic carbocycles. The standard InChI is InChI=1S/C39H51N5O10S/c1-10-19-39(8,35(47)43-55(49,50)24-17-18-24)42-32(45)27-21-23(22-44(27)34(46)31(37(2,3)4)41-36(48)54-38(5,6)7)53-33-26-15-12-11-14-25(26)30(51-9)29(40-33)28-16-13-20-52-28/h10-16,20,23-24,27,31H,1,17-19,21-22H2,2-9H3,(H,41,48)(H,42,45)(H,43,47)/t23-,27+,31-,39-/m1/s1. The molecule has 4 atom stereocenters. The molecule has 15 nitrogen and oxygen atoms in total. The Balaban J connectivity index is 1.52. The first-order valence-corrected chi connectivity index (χ1v) is 19.7. The molecule has 2 aromatic heterocycles. The Bertz CT molecular complexity index is 2050. The molecule has 55 heavy (non-hydrogen) atoms. The van der Waals surface area contributed by atoms with Gasteiger partial charge in [-0.2, -0.15) is 0 Å². The van der Waals surface area contributed by atoms with Crippen molar-refractivity contribution in [1.82, 2.24) is 25.2 Å². The summed E-state index contributed by atoms with van der Waals surface area (Å²) in [6.07, 6.45) is 1.96. The number of methoxy groups -OCH3 is 1. The second-order valence-electron chi connectivity index (χ2n) is 16.2. The number of fused-ring (bicyclic) bond motifs is 1. The Morgan fingerprint density at radius 3 is 2.27 bits per heavy atom. The second-order valence-corrected chi connectivity index (χ2v) is 18.2. The van der Waals surface area contributed by atoms with E-state index in [1.807, 2.05) is 24.3 Å². The largest absolute Gasteiger partial charge is 0.494 e. The summed E-state index contributed by atoms with van der Waals surface area (Å²) in [4.78, 5) is 61.6. The van der Waals surface area contributed by atoms with Gasteiger partial charge in [0.05, 0.1) is 25.2 Å². The Hall–Kier alpha value is -5.12. The normalized spacial score (nSPS) is 19.2. The number of likely N-dealkylation sites (tertiary alicyclic amines) is 1. The van der Waals surface area contributed by atoms with Crippen molar-refractivity contribution >= 4 is 44.6 Å². The molecule has 2 aliphatic rings. The zero-order valence-corrected chi connectivity index (χ0v) is 33.4. The van der Waals surface area contributed by atoms with Gasteiger partial charge in [0.1, 0.15) is 29.3 Å². The summed E-state index contributed by atoms with van der Waals surface area (Å²) >= 11 is 0. The van der Waals surface area contributed by atoms with Crippen molar-refractivity contribution in [3.63, 3.8) is 0 Å². The van der Waals surface area contributed by atoms with E-state index >= 15 is 0 Å². The number of carbonyl (C=O) groups excluding carboxylic acids is 4. The van der Waals surface area contributed by atoms with Crippen LogP contribution in [0.15, 0.2) is 59.7 Å². The van der Waals surface area contributed by atoms with E-state index in [4.69, 9.17) is 23.6 Å². The maximum atomic E-state index is 14.6. The highest BCUT2D eigenvalue weighted by molar-refractivity contribution is 7.91. The summed E-state index contributed by atoms with van der Waals surface area (Å²) in [7, 11) is -2.42. The van der Waals surface area contributed by atoms with E-state index in [-0.39, 0.29) is 25.3 Å². The third-order valence-electron chi connectivity index (χ3n) is 9.34. The second kappa shape index (κ2) is 15.6. The highest BCUT2D eigenvalue weighted by atomic mass is 32.2. The number of ether oxygens (including phenoxy) is 3. The average molecular weight is 782 g/mol. The molecule has 0 radical (unpaired) electrons. The minimum absolute atomic E-state index is 0.0504. The average Bonchev–Trinajstić information content (AvgIpc) is 3.66. The summed E-state index contributed by atoms with van der Waals surface area (Å²) in [5, 5.41) is 6.02. The molecule has 3 N–H and O–H groups in total. The van der Waals surface area contributed by atoms with Gasteiger partial charge in [0, 0.05) is 17.2 Å². The fraction of sp³-hybridized carbons (Fsp3) is 0.513. The molecule has 0 spiro atoms. The molecule has 298 valence electrons. The molecule has 3 aromatic rings. The minimum Gasteiger partial charge on any atom is -0.494 e. The van der Waals surface area contributed by atoms with E-state index in [2.05, 4.69) is 21.9 Å². The summed E-state index contributed by atoms with van der Waals surface area (Å²) in [6.45, 7) is 15.4. The van der Waals surface area contributed by atoms with Gasteiger partial charge < -0.3 is 34.2 Å². The topological polar surface area (TPSA) is 195 Å². The predicted octanol–water partition coefficient (Wildman–Crippen LogP) is 4.85. The third kappa shape index (κ3) is 9.40. The highest BCUT2D eigenvalue weighted by Crippen LogP contribution is 2.40. The van der Waals surface area contributed by atoms with E-state index in [1.165, 1.54) is 31.3 Å². The van der Waals surface area contributed by atoms with Gasteiger partial charge in [0.15, 0.2) is 17.2 Å². The Morgan fingerprint density at radius 1 is 1.04 bits per heavy atom. The van der Waals surface area contributed by atoms with Crippen molar-refractivity contribution in [2.24, 2.45) is 5.41 Å². The highest BCUT2D eigenvalue weighted by Gasteiger charge is 2.49. The molecule has 1 saturated heterocycles. The molecule has 1 aliphatic heterocycles. The molecule has 0 bridgehead atoms. The fourth-order valence-electron chi connectivity index (χ4n) is 6.41. The van der Waals surface area contributed by atoms with Crippen LogP contribution in [0.25, 0.3) is 22.2 Å². The number of carbonyl (C=O) groups is 4. The number of rotatable bonds is 13. The summed E-state index contributed by atoms with van der Waals surface area (Å²) < 4.78 is 51.0. The number of nitrogens with one attached hydrogen (secondary N) is 3.